The van der Waals surface area contributed by atoms with Crippen molar-refractivity contribution in [3.63, 3.8) is 0 Å². The third-order valence-corrected chi connectivity index (χ3v) is 11.5. The van der Waals surface area contributed by atoms with Gasteiger partial charge in [0, 0.05) is 6.61 Å². The largest absolute Gasteiger partial charge is 0.396 e. The highest BCUT2D eigenvalue weighted by Gasteiger charge is 2.66. The second-order valence-electron chi connectivity index (χ2n) is 13.7. The van der Waals surface area contributed by atoms with Gasteiger partial charge in [0.1, 0.15) is 0 Å². The molecule has 3 nitrogen and oxygen atoms in total. The van der Waals surface area contributed by atoms with Gasteiger partial charge in [-0.2, -0.15) is 0 Å². The first-order chi connectivity index (χ1) is 15.2. The van der Waals surface area contributed by atoms with Gasteiger partial charge in [0.05, 0.1) is 11.7 Å². The summed E-state index contributed by atoms with van der Waals surface area (Å²) < 4.78 is 0. The molecule has 0 aromatic carbocycles. The van der Waals surface area contributed by atoms with E-state index in [9.17, 15) is 15.3 Å². The van der Waals surface area contributed by atoms with Crippen LogP contribution in [0.15, 0.2) is 11.1 Å². The second-order valence-corrected chi connectivity index (χ2v) is 13.7. The van der Waals surface area contributed by atoms with Crippen LogP contribution in [0.5, 0.6) is 0 Å². The first-order valence-electron chi connectivity index (χ1n) is 13.9. The zero-order valence-electron chi connectivity index (χ0n) is 23.0. The number of aliphatic hydroxyl groups is 3. The fourth-order valence-corrected chi connectivity index (χ4v) is 9.18. The van der Waals surface area contributed by atoms with E-state index in [1.807, 2.05) is 0 Å². The van der Waals surface area contributed by atoms with Crippen molar-refractivity contribution in [3.8, 4) is 0 Å². The van der Waals surface area contributed by atoms with Gasteiger partial charge in [-0.05, 0) is 132 Å². The van der Waals surface area contributed by atoms with Crippen molar-refractivity contribution >= 4 is 0 Å². The van der Waals surface area contributed by atoms with Crippen molar-refractivity contribution < 1.29 is 15.3 Å². The molecule has 3 fully saturated rings. The van der Waals surface area contributed by atoms with Gasteiger partial charge in [0.2, 0.25) is 0 Å². The molecule has 0 heterocycles. The topological polar surface area (TPSA) is 60.7 Å². The zero-order chi connectivity index (χ0) is 24.8. The van der Waals surface area contributed by atoms with Crippen LogP contribution in [0.4, 0.5) is 0 Å². The first kappa shape index (κ1) is 27.2. The van der Waals surface area contributed by atoms with E-state index in [4.69, 9.17) is 0 Å². The van der Waals surface area contributed by atoms with Gasteiger partial charge in [-0.25, -0.2) is 0 Å². The number of fused-ring (bicyclic) bond motifs is 3. The van der Waals surface area contributed by atoms with Crippen LogP contribution >= 0.6 is 0 Å². The monoisotopic (exact) mass is 462 g/mol. The Bertz CT molecular complexity index is 717. The Morgan fingerprint density at radius 3 is 2.27 bits per heavy atom. The highest BCUT2D eigenvalue weighted by molar-refractivity contribution is 5.25. The fourth-order valence-electron chi connectivity index (χ4n) is 9.18. The zero-order valence-corrected chi connectivity index (χ0v) is 23.0. The molecule has 3 saturated carbocycles. The van der Waals surface area contributed by atoms with Gasteiger partial charge in [0.25, 0.3) is 0 Å². The SMILES string of the molecule is CC(C)=C1CC[C@H]2[C@@](C)(CC[C@@]3(C)[C@H]([C@@H](C)CC[C@H](O)C(C)(C)O)CC[C@]23C)[C@@H]1CCCO. The maximum Gasteiger partial charge on any atom is 0.0849 e. The third-order valence-electron chi connectivity index (χ3n) is 11.5. The van der Waals surface area contributed by atoms with Crippen LogP contribution < -0.4 is 0 Å². The van der Waals surface area contributed by atoms with E-state index in [1.54, 1.807) is 19.4 Å². The standard InChI is InChI=1S/C30H54O3/c1-20(2)22-12-13-25-28(6,24(22)10-9-19-31)17-18-29(7)23(15-16-30(25,29)8)21(3)11-14-26(32)27(4,5)33/h21,23-26,31-33H,9-19H2,1-8H3/t21-,23-,24+,25-,26-,28-,29-,30+/m0/s1. The van der Waals surface area contributed by atoms with Gasteiger partial charge >= 0.3 is 0 Å². The summed E-state index contributed by atoms with van der Waals surface area (Å²) in [6.07, 6.45) is 10.8. The van der Waals surface area contributed by atoms with E-state index in [0.717, 1.165) is 25.2 Å². The molecule has 3 N–H and O–H groups in total. The minimum absolute atomic E-state index is 0.304. The third kappa shape index (κ3) is 4.60. The van der Waals surface area contributed by atoms with Crippen molar-refractivity contribution in [2.24, 2.45) is 39.9 Å². The number of allylic oxidation sites excluding steroid dienone is 2. The predicted octanol–water partition coefficient (Wildman–Crippen LogP) is 6.89. The van der Waals surface area contributed by atoms with Crippen molar-refractivity contribution in [3.05, 3.63) is 11.1 Å². The molecule has 0 unspecified atom stereocenters. The summed E-state index contributed by atoms with van der Waals surface area (Å²) in [6, 6.07) is 0. The summed E-state index contributed by atoms with van der Waals surface area (Å²) in [7, 11) is 0. The molecule has 192 valence electrons. The first-order valence-corrected chi connectivity index (χ1v) is 13.9. The number of hydrogen-bond acceptors (Lipinski definition) is 3. The quantitative estimate of drug-likeness (QED) is 0.344. The van der Waals surface area contributed by atoms with Gasteiger partial charge in [-0.15, -0.1) is 0 Å². The van der Waals surface area contributed by atoms with Gasteiger partial charge in [-0.1, -0.05) is 38.8 Å². The van der Waals surface area contributed by atoms with Crippen molar-refractivity contribution in [1.29, 1.82) is 0 Å². The molecule has 0 bridgehead atoms. The molecule has 0 aromatic heterocycles. The molecule has 3 rings (SSSR count). The molecule has 0 aromatic rings. The van der Waals surface area contributed by atoms with Crippen LogP contribution in [0.2, 0.25) is 0 Å². The van der Waals surface area contributed by atoms with Crippen molar-refractivity contribution in [2.45, 2.75) is 131 Å². The Labute approximate surface area is 204 Å². The van der Waals surface area contributed by atoms with Crippen LogP contribution in [0.3, 0.4) is 0 Å². The Balaban J connectivity index is 1.85. The molecule has 8 atom stereocenters. The van der Waals surface area contributed by atoms with Crippen LogP contribution in [-0.2, 0) is 0 Å². The van der Waals surface area contributed by atoms with Gasteiger partial charge < -0.3 is 15.3 Å². The second kappa shape index (κ2) is 9.58. The highest BCUT2D eigenvalue weighted by Crippen LogP contribution is 2.74. The molecule has 3 aliphatic rings. The minimum Gasteiger partial charge on any atom is -0.396 e. The lowest BCUT2D eigenvalue weighted by Gasteiger charge is -2.65. The number of rotatable bonds is 8. The molecule has 0 amide bonds. The van der Waals surface area contributed by atoms with E-state index in [2.05, 4.69) is 41.5 Å². The average Bonchev–Trinajstić information content (AvgIpc) is 3.00. The smallest absolute Gasteiger partial charge is 0.0849 e. The molecule has 0 spiro atoms. The van der Waals surface area contributed by atoms with Crippen molar-refractivity contribution in [2.75, 3.05) is 6.61 Å². The van der Waals surface area contributed by atoms with E-state index < -0.39 is 11.7 Å². The summed E-state index contributed by atoms with van der Waals surface area (Å²) in [5.74, 6) is 2.63. The highest BCUT2D eigenvalue weighted by atomic mass is 16.3. The minimum atomic E-state index is -1.02. The van der Waals surface area contributed by atoms with Gasteiger partial charge in [0.15, 0.2) is 0 Å². The molecular formula is C30H54O3. The van der Waals surface area contributed by atoms with Crippen LogP contribution in [-0.4, -0.2) is 33.6 Å². The summed E-state index contributed by atoms with van der Waals surface area (Å²) in [5.41, 5.74) is 3.23. The van der Waals surface area contributed by atoms with Crippen LogP contribution in [0.1, 0.15) is 120 Å². The fraction of sp³-hybridized carbons (Fsp3) is 0.933. The molecule has 0 saturated heterocycles. The Hall–Kier alpha value is -0.380. The maximum absolute atomic E-state index is 10.4. The van der Waals surface area contributed by atoms with E-state index >= 15 is 0 Å². The lowest BCUT2D eigenvalue weighted by Crippen LogP contribution is -2.57. The molecule has 0 radical (unpaired) electrons. The molecule has 3 aliphatic carbocycles. The average molecular weight is 463 g/mol. The summed E-state index contributed by atoms with van der Waals surface area (Å²) in [4.78, 5) is 0. The van der Waals surface area contributed by atoms with Gasteiger partial charge in [-0.3, -0.25) is 0 Å². The molecule has 0 aliphatic heterocycles. The Morgan fingerprint density at radius 2 is 1.70 bits per heavy atom. The summed E-state index contributed by atoms with van der Waals surface area (Å²) in [5, 5.41) is 30.2. The van der Waals surface area contributed by atoms with Crippen molar-refractivity contribution in [1.82, 2.24) is 0 Å². The Morgan fingerprint density at radius 1 is 1.03 bits per heavy atom. The Kier molecular flexibility index (Phi) is 7.90. The van der Waals surface area contributed by atoms with E-state index in [-0.39, 0.29) is 0 Å². The normalized spacial score (nSPS) is 40.8. The lowest BCUT2D eigenvalue weighted by atomic mass is 9.40. The molecule has 33 heavy (non-hydrogen) atoms. The van der Waals surface area contributed by atoms with E-state index in [1.165, 1.54) is 44.1 Å². The number of hydrogen-bond donors (Lipinski definition) is 3. The molecular weight excluding hydrogens is 408 g/mol. The van der Waals surface area contributed by atoms with E-state index in [0.29, 0.717) is 47.0 Å². The summed E-state index contributed by atoms with van der Waals surface area (Å²) >= 11 is 0. The summed E-state index contributed by atoms with van der Waals surface area (Å²) in [6.45, 7) is 18.6. The maximum atomic E-state index is 10.4. The molecule has 3 heteroatoms. The predicted molar refractivity (Wildman–Crippen MR) is 138 cm³/mol. The number of aliphatic hydroxyl groups excluding tert-OH is 2. The van der Waals surface area contributed by atoms with Crippen LogP contribution in [0.25, 0.3) is 0 Å². The lowest BCUT2D eigenvalue weighted by molar-refractivity contribution is -0.145. The van der Waals surface area contributed by atoms with Crippen LogP contribution in [0, 0.1) is 39.9 Å².